The molecule has 1 heteroatoms. The number of hydrogen-bond donors (Lipinski definition) is 1. The Bertz CT molecular complexity index is 362. The number of hydrogen-bond acceptors (Lipinski definition) is 1. The largest absolute Gasteiger partial charge is 0.392 e. The van der Waals surface area contributed by atoms with Crippen molar-refractivity contribution in [3.8, 4) is 0 Å². The highest BCUT2D eigenvalue weighted by atomic mass is 16.3. The summed E-state index contributed by atoms with van der Waals surface area (Å²) in [5, 5.41) is 10.2. The summed E-state index contributed by atoms with van der Waals surface area (Å²) in [4.78, 5) is 0. The van der Waals surface area contributed by atoms with Gasteiger partial charge in [-0.2, -0.15) is 0 Å². The van der Waals surface area contributed by atoms with Gasteiger partial charge in [-0.05, 0) is 35.8 Å². The summed E-state index contributed by atoms with van der Waals surface area (Å²) >= 11 is 0. The quantitative estimate of drug-likeness (QED) is 0.823. The Balaban J connectivity index is 1.92. The molecule has 16 heavy (non-hydrogen) atoms. The van der Waals surface area contributed by atoms with Gasteiger partial charge in [0.2, 0.25) is 0 Å². The van der Waals surface area contributed by atoms with Crippen LogP contribution in [-0.2, 0) is 6.42 Å². The van der Waals surface area contributed by atoms with Crippen LogP contribution in [0.2, 0.25) is 0 Å². The molecule has 2 rings (SSSR count). The molecule has 0 aromatic heterocycles. The van der Waals surface area contributed by atoms with E-state index in [-0.39, 0.29) is 6.10 Å². The third-order valence-electron chi connectivity index (χ3n) is 3.55. The lowest BCUT2D eigenvalue weighted by molar-refractivity contribution is 0.109. The van der Waals surface area contributed by atoms with Gasteiger partial charge >= 0.3 is 0 Å². The highest BCUT2D eigenvalue weighted by Gasteiger charge is 2.31. The van der Waals surface area contributed by atoms with E-state index in [1.54, 1.807) is 0 Å². The molecule has 1 aliphatic rings. The van der Waals surface area contributed by atoms with Crippen LogP contribution in [0.5, 0.6) is 0 Å². The van der Waals surface area contributed by atoms with Crippen LogP contribution in [0.25, 0.3) is 0 Å². The molecule has 1 aromatic carbocycles. The molecule has 2 atom stereocenters. The Hall–Kier alpha value is -0.820. The van der Waals surface area contributed by atoms with Gasteiger partial charge in [0.05, 0.1) is 6.10 Å². The molecule has 0 fully saturated rings. The molecule has 0 saturated carbocycles. The fourth-order valence-corrected chi connectivity index (χ4v) is 2.42. The Morgan fingerprint density at radius 2 is 2.00 bits per heavy atom. The van der Waals surface area contributed by atoms with E-state index >= 15 is 0 Å². The van der Waals surface area contributed by atoms with Crippen molar-refractivity contribution >= 4 is 0 Å². The smallest absolute Gasteiger partial charge is 0.0612 e. The number of aliphatic hydroxyl groups is 1. The lowest BCUT2D eigenvalue weighted by Gasteiger charge is -2.35. The van der Waals surface area contributed by atoms with E-state index in [1.807, 2.05) is 0 Å². The zero-order valence-electron chi connectivity index (χ0n) is 10.5. The average molecular weight is 218 g/mol. The number of rotatable bonds is 3. The van der Waals surface area contributed by atoms with E-state index < -0.39 is 0 Å². The highest BCUT2D eigenvalue weighted by Crippen LogP contribution is 2.39. The first-order valence-corrected chi connectivity index (χ1v) is 6.23. The number of benzene rings is 1. The summed E-state index contributed by atoms with van der Waals surface area (Å²) in [6.07, 6.45) is 2.91. The molecule has 1 nitrogen and oxygen atoms in total. The predicted octanol–water partition coefficient (Wildman–Crippen LogP) is 3.51. The summed E-state index contributed by atoms with van der Waals surface area (Å²) in [5.41, 5.74) is 3.11. The van der Waals surface area contributed by atoms with Crippen molar-refractivity contribution < 1.29 is 5.11 Å². The van der Waals surface area contributed by atoms with E-state index in [2.05, 4.69) is 45.0 Å². The van der Waals surface area contributed by atoms with Crippen molar-refractivity contribution in [2.45, 2.75) is 52.1 Å². The van der Waals surface area contributed by atoms with E-state index in [1.165, 1.54) is 11.1 Å². The van der Waals surface area contributed by atoms with Crippen LogP contribution < -0.4 is 0 Å². The van der Waals surface area contributed by atoms with Crippen molar-refractivity contribution in [3.63, 3.8) is 0 Å². The van der Waals surface area contributed by atoms with Crippen LogP contribution in [0.3, 0.4) is 0 Å². The number of aliphatic hydroxyl groups excluding tert-OH is 1. The zero-order chi connectivity index (χ0) is 11.8. The van der Waals surface area contributed by atoms with Crippen molar-refractivity contribution in [3.05, 3.63) is 35.4 Å². The second-order valence-electron chi connectivity index (χ2n) is 6.18. The van der Waals surface area contributed by atoms with Gasteiger partial charge in [0.15, 0.2) is 0 Å². The summed E-state index contributed by atoms with van der Waals surface area (Å²) in [5.74, 6) is 0.388. The SMILES string of the molecule is CC(C)(C)CCC(O)C1Cc2ccccc21. The lowest BCUT2D eigenvalue weighted by Crippen LogP contribution is -2.29. The maximum absolute atomic E-state index is 10.2. The molecule has 0 radical (unpaired) electrons. The monoisotopic (exact) mass is 218 g/mol. The fourth-order valence-electron chi connectivity index (χ4n) is 2.42. The van der Waals surface area contributed by atoms with Gasteiger partial charge in [0, 0.05) is 5.92 Å². The first-order chi connectivity index (χ1) is 7.47. The molecule has 0 heterocycles. The molecule has 88 valence electrons. The van der Waals surface area contributed by atoms with Gasteiger partial charge < -0.3 is 5.11 Å². The van der Waals surface area contributed by atoms with Crippen LogP contribution >= 0.6 is 0 Å². The Kier molecular flexibility index (Phi) is 3.07. The zero-order valence-corrected chi connectivity index (χ0v) is 10.5. The topological polar surface area (TPSA) is 20.2 Å². The van der Waals surface area contributed by atoms with E-state index in [0.717, 1.165) is 19.3 Å². The van der Waals surface area contributed by atoms with Crippen LogP contribution in [0, 0.1) is 5.41 Å². The fraction of sp³-hybridized carbons (Fsp3) is 0.600. The van der Waals surface area contributed by atoms with Crippen molar-refractivity contribution in [1.29, 1.82) is 0 Å². The third kappa shape index (κ3) is 2.46. The third-order valence-corrected chi connectivity index (χ3v) is 3.55. The molecule has 0 saturated heterocycles. The molecule has 1 aromatic rings. The molecule has 0 aliphatic heterocycles. The summed E-state index contributed by atoms with van der Waals surface area (Å²) in [6, 6.07) is 8.48. The van der Waals surface area contributed by atoms with Gasteiger partial charge in [-0.1, -0.05) is 45.0 Å². The van der Waals surface area contributed by atoms with Gasteiger partial charge in [-0.15, -0.1) is 0 Å². The molecular weight excluding hydrogens is 196 g/mol. The van der Waals surface area contributed by atoms with Crippen LogP contribution in [-0.4, -0.2) is 11.2 Å². The van der Waals surface area contributed by atoms with Crippen molar-refractivity contribution in [2.24, 2.45) is 5.41 Å². The Labute approximate surface area is 98.5 Å². The minimum Gasteiger partial charge on any atom is -0.392 e. The minimum absolute atomic E-state index is 0.158. The standard InChI is InChI=1S/C15H22O/c1-15(2,3)9-8-14(16)13-10-11-6-4-5-7-12(11)13/h4-7,13-14,16H,8-10H2,1-3H3. The van der Waals surface area contributed by atoms with Crippen molar-refractivity contribution in [2.75, 3.05) is 0 Å². The van der Waals surface area contributed by atoms with E-state index in [9.17, 15) is 5.11 Å². The lowest BCUT2D eigenvalue weighted by atomic mass is 9.72. The van der Waals surface area contributed by atoms with E-state index in [0.29, 0.717) is 11.3 Å². The van der Waals surface area contributed by atoms with Crippen LogP contribution in [0.15, 0.2) is 24.3 Å². The molecule has 0 bridgehead atoms. The minimum atomic E-state index is -0.158. The van der Waals surface area contributed by atoms with Crippen LogP contribution in [0.4, 0.5) is 0 Å². The molecule has 1 aliphatic carbocycles. The molecule has 1 N–H and O–H groups in total. The molecule has 0 spiro atoms. The van der Waals surface area contributed by atoms with Crippen LogP contribution in [0.1, 0.15) is 50.7 Å². The Morgan fingerprint density at radius 3 is 2.62 bits per heavy atom. The van der Waals surface area contributed by atoms with Gasteiger partial charge in [0.25, 0.3) is 0 Å². The van der Waals surface area contributed by atoms with E-state index in [4.69, 9.17) is 0 Å². The average Bonchev–Trinajstić information content (AvgIpc) is 2.16. The summed E-state index contributed by atoms with van der Waals surface area (Å²) in [6.45, 7) is 6.69. The van der Waals surface area contributed by atoms with Gasteiger partial charge in [-0.25, -0.2) is 0 Å². The molecule has 2 unspecified atom stereocenters. The molecular formula is C15H22O. The highest BCUT2D eigenvalue weighted by molar-refractivity contribution is 5.40. The summed E-state index contributed by atoms with van der Waals surface area (Å²) in [7, 11) is 0. The van der Waals surface area contributed by atoms with Gasteiger partial charge in [-0.3, -0.25) is 0 Å². The second kappa shape index (κ2) is 4.21. The predicted molar refractivity (Wildman–Crippen MR) is 67.6 cm³/mol. The van der Waals surface area contributed by atoms with Crippen molar-refractivity contribution in [1.82, 2.24) is 0 Å². The maximum Gasteiger partial charge on any atom is 0.0612 e. The van der Waals surface area contributed by atoms with Gasteiger partial charge in [0.1, 0.15) is 0 Å². The molecule has 0 amide bonds. The maximum atomic E-state index is 10.2. The second-order valence-corrected chi connectivity index (χ2v) is 6.18. The normalized spacial score (nSPS) is 21.1. The number of fused-ring (bicyclic) bond motifs is 1. The Morgan fingerprint density at radius 1 is 1.31 bits per heavy atom. The first kappa shape index (κ1) is 11.7. The first-order valence-electron chi connectivity index (χ1n) is 6.23. The summed E-state index contributed by atoms with van der Waals surface area (Å²) < 4.78 is 0.